The van der Waals surface area contributed by atoms with Gasteiger partial charge in [-0.15, -0.1) is 0 Å². The van der Waals surface area contributed by atoms with Crippen molar-refractivity contribution in [3.8, 4) is 22.3 Å². The Kier molecular flexibility index (Phi) is 6.22. The van der Waals surface area contributed by atoms with Crippen molar-refractivity contribution < 1.29 is 4.39 Å². The maximum Gasteiger partial charge on any atom is 0.137 e. The topological polar surface area (TPSA) is 70.6 Å². The van der Waals surface area contributed by atoms with Crippen molar-refractivity contribution in [1.29, 1.82) is 0 Å². The normalized spacial score (nSPS) is 14.4. The van der Waals surface area contributed by atoms with Crippen LogP contribution in [0, 0.1) is 19.7 Å². The Hall–Kier alpha value is -3.97. The van der Waals surface area contributed by atoms with Gasteiger partial charge in [-0.1, -0.05) is 24.3 Å². The summed E-state index contributed by atoms with van der Waals surface area (Å²) < 4.78 is 15.7. The third-order valence-electron chi connectivity index (χ3n) is 7.33. The summed E-state index contributed by atoms with van der Waals surface area (Å²) in [6.45, 7) is 6.76. The smallest absolute Gasteiger partial charge is 0.137 e. The van der Waals surface area contributed by atoms with E-state index in [4.69, 9.17) is 10.1 Å². The van der Waals surface area contributed by atoms with E-state index in [1.807, 2.05) is 30.1 Å². The maximum absolute atomic E-state index is 13.7. The highest BCUT2D eigenvalue weighted by molar-refractivity contribution is 5.97. The van der Waals surface area contributed by atoms with Crippen LogP contribution in [0.3, 0.4) is 0 Å². The molecule has 1 aliphatic rings. The number of fused-ring (bicyclic) bond motifs is 1. The van der Waals surface area contributed by atoms with E-state index in [2.05, 4.69) is 52.9 Å². The quantitative estimate of drug-likeness (QED) is 0.268. The predicted molar refractivity (Wildman–Crippen MR) is 147 cm³/mol. The van der Waals surface area contributed by atoms with Gasteiger partial charge in [0.25, 0.3) is 0 Å². The molecule has 5 aromatic rings. The Morgan fingerprint density at radius 3 is 2.62 bits per heavy atom. The molecule has 6 rings (SSSR count). The van der Waals surface area contributed by atoms with Crippen LogP contribution in [-0.2, 0) is 6.54 Å². The molecule has 1 saturated heterocycles. The summed E-state index contributed by atoms with van der Waals surface area (Å²) in [5, 5.41) is 12.9. The second-order valence-corrected chi connectivity index (χ2v) is 9.90. The van der Waals surface area contributed by atoms with Crippen LogP contribution >= 0.6 is 0 Å². The van der Waals surface area contributed by atoms with Gasteiger partial charge in [-0.05, 0) is 81.2 Å². The number of pyridine rings is 1. The maximum atomic E-state index is 13.7. The van der Waals surface area contributed by atoms with Gasteiger partial charge in [0.05, 0.1) is 12.2 Å². The van der Waals surface area contributed by atoms with E-state index in [-0.39, 0.29) is 5.82 Å². The van der Waals surface area contributed by atoms with Crippen molar-refractivity contribution in [3.63, 3.8) is 0 Å². The van der Waals surface area contributed by atoms with E-state index in [9.17, 15) is 4.39 Å². The highest BCUT2D eigenvalue weighted by atomic mass is 19.1. The van der Waals surface area contributed by atoms with Crippen molar-refractivity contribution in [3.05, 3.63) is 89.8 Å². The van der Waals surface area contributed by atoms with Crippen LogP contribution in [0.2, 0.25) is 0 Å². The largest absolute Gasteiger partial charge is 0.382 e. The van der Waals surface area contributed by atoms with E-state index in [1.165, 1.54) is 6.07 Å². The van der Waals surface area contributed by atoms with Crippen molar-refractivity contribution in [2.45, 2.75) is 39.3 Å². The van der Waals surface area contributed by atoms with E-state index in [1.54, 1.807) is 12.1 Å². The number of hydrogen-bond acceptors (Lipinski definition) is 4. The van der Waals surface area contributed by atoms with Crippen molar-refractivity contribution >= 4 is 16.7 Å². The van der Waals surface area contributed by atoms with Gasteiger partial charge in [-0.2, -0.15) is 5.10 Å². The Morgan fingerprint density at radius 2 is 1.84 bits per heavy atom. The molecule has 7 heteroatoms. The lowest BCUT2D eigenvalue weighted by Crippen LogP contribution is -2.35. The van der Waals surface area contributed by atoms with Crippen LogP contribution in [-0.4, -0.2) is 38.9 Å². The van der Waals surface area contributed by atoms with Gasteiger partial charge in [0.2, 0.25) is 0 Å². The second kappa shape index (κ2) is 9.82. The lowest BCUT2D eigenvalue weighted by Gasteiger charge is -2.24. The fourth-order valence-corrected chi connectivity index (χ4v) is 5.38. The van der Waals surface area contributed by atoms with Crippen LogP contribution in [0.4, 0.5) is 10.1 Å². The third kappa shape index (κ3) is 4.74. The number of nitrogens with zero attached hydrogens (tertiary/aromatic N) is 3. The first-order valence-electron chi connectivity index (χ1n) is 12.9. The van der Waals surface area contributed by atoms with Gasteiger partial charge in [-0.25, -0.2) is 9.37 Å². The van der Waals surface area contributed by atoms with Crippen LogP contribution < -0.4 is 10.6 Å². The molecule has 6 nitrogen and oxygen atoms in total. The number of benzene rings is 2. The first-order valence-corrected chi connectivity index (χ1v) is 12.9. The molecule has 0 unspecified atom stereocenters. The molecular weight excluding hydrogens is 463 g/mol. The van der Waals surface area contributed by atoms with Gasteiger partial charge in [0.15, 0.2) is 0 Å². The van der Waals surface area contributed by atoms with Gasteiger partial charge < -0.3 is 15.6 Å². The number of aromatic nitrogens is 4. The third-order valence-corrected chi connectivity index (χ3v) is 7.33. The molecule has 0 atom stereocenters. The zero-order chi connectivity index (χ0) is 25.4. The van der Waals surface area contributed by atoms with E-state index >= 15 is 0 Å². The second-order valence-electron chi connectivity index (χ2n) is 9.90. The van der Waals surface area contributed by atoms with Crippen LogP contribution in [0.1, 0.15) is 29.8 Å². The molecular formula is C30H31FN6. The van der Waals surface area contributed by atoms with Crippen LogP contribution in [0.15, 0.2) is 67.0 Å². The first kappa shape index (κ1) is 23.4. The van der Waals surface area contributed by atoms with Gasteiger partial charge in [0, 0.05) is 51.9 Å². The summed E-state index contributed by atoms with van der Waals surface area (Å²) >= 11 is 0. The minimum absolute atomic E-state index is 0.232. The number of piperidine rings is 1. The molecule has 37 heavy (non-hydrogen) atoms. The molecule has 0 spiro atoms. The average molecular weight is 495 g/mol. The molecule has 1 aliphatic heterocycles. The predicted octanol–water partition coefficient (Wildman–Crippen LogP) is 6.06. The Balaban J connectivity index is 1.29. The summed E-state index contributed by atoms with van der Waals surface area (Å²) in [7, 11) is 0. The molecule has 0 saturated carbocycles. The molecule has 0 amide bonds. The van der Waals surface area contributed by atoms with Crippen molar-refractivity contribution in [1.82, 2.24) is 25.1 Å². The lowest BCUT2D eigenvalue weighted by molar-refractivity contribution is 0.479. The number of anilines is 1. The zero-order valence-corrected chi connectivity index (χ0v) is 21.2. The minimum Gasteiger partial charge on any atom is -0.382 e. The number of hydrogen-bond donors (Lipinski definition) is 3. The molecule has 3 N–H and O–H groups in total. The monoisotopic (exact) mass is 494 g/mol. The zero-order valence-electron chi connectivity index (χ0n) is 21.2. The van der Waals surface area contributed by atoms with Crippen LogP contribution in [0.5, 0.6) is 0 Å². The standard InChI is InChI=1S/C30H31FN6/c1-19-29(20(2)37(36-19)18-21-4-3-5-24(31)14-21)28-17-34-30-27(28)15-23(16-33-30)22-6-8-25(9-7-22)35-26-10-12-32-13-11-26/h3-9,14-17,26,32,35H,10-13,18H2,1-2H3,(H,33,34). The van der Waals surface area contributed by atoms with Gasteiger partial charge in [-0.3, -0.25) is 4.68 Å². The molecule has 188 valence electrons. The van der Waals surface area contributed by atoms with Crippen molar-refractivity contribution in [2.75, 3.05) is 18.4 Å². The Bertz CT molecular complexity index is 1540. The molecule has 3 aromatic heterocycles. The molecule has 0 radical (unpaired) electrons. The highest BCUT2D eigenvalue weighted by Gasteiger charge is 2.18. The Labute approximate surface area is 215 Å². The molecule has 2 aromatic carbocycles. The Morgan fingerprint density at radius 1 is 1.03 bits per heavy atom. The summed E-state index contributed by atoms with van der Waals surface area (Å²) in [6.07, 6.45) is 6.23. The van der Waals surface area contributed by atoms with Crippen LogP contribution in [0.25, 0.3) is 33.3 Å². The van der Waals surface area contributed by atoms with Gasteiger partial charge >= 0.3 is 0 Å². The lowest BCUT2D eigenvalue weighted by atomic mass is 10.0. The fraction of sp³-hybridized carbons (Fsp3) is 0.267. The summed E-state index contributed by atoms with van der Waals surface area (Å²) in [5.41, 5.74) is 9.24. The molecule has 1 fully saturated rings. The number of rotatable bonds is 6. The van der Waals surface area contributed by atoms with Gasteiger partial charge in [0.1, 0.15) is 11.5 Å². The number of halogens is 1. The number of H-pyrrole nitrogens is 1. The fourth-order valence-electron chi connectivity index (χ4n) is 5.38. The molecule has 0 bridgehead atoms. The van der Waals surface area contributed by atoms with E-state index in [0.29, 0.717) is 12.6 Å². The first-order chi connectivity index (χ1) is 18.0. The molecule has 0 aliphatic carbocycles. The number of aromatic amines is 1. The highest BCUT2D eigenvalue weighted by Crippen LogP contribution is 2.35. The summed E-state index contributed by atoms with van der Waals surface area (Å²) in [4.78, 5) is 8.04. The summed E-state index contributed by atoms with van der Waals surface area (Å²) in [6, 6.07) is 18.0. The number of nitrogens with one attached hydrogen (secondary N) is 3. The van der Waals surface area contributed by atoms with Crippen molar-refractivity contribution in [2.24, 2.45) is 0 Å². The SMILES string of the molecule is Cc1nn(Cc2cccc(F)c2)c(C)c1-c1c[nH]c2ncc(-c3ccc(NC4CCNCC4)cc3)cc12. The van der Waals surface area contributed by atoms with E-state index < -0.39 is 0 Å². The minimum atomic E-state index is -0.232. The summed E-state index contributed by atoms with van der Waals surface area (Å²) in [5.74, 6) is -0.232. The average Bonchev–Trinajstić information content (AvgIpc) is 3.44. The number of aryl methyl sites for hydroxylation is 1. The van der Waals surface area contributed by atoms with E-state index in [0.717, 1.165) is 81.9 Å². The molecule has 4 heterocycles.